The Labute approximate surface area is 161 Å². The quantitative estimate of drug-likeness (QED) is 0.404. The predicted octanol–water partition coefficient (Wildman–Crippen LogP) is 7.15. The molecule has 1 aromatic carbocycles. The average Bonchev–Trinajstić information content (AvgIpc) is 2.56. The van der Waals surface area contributed by atoms with Crippen LogP contribution in [0.25, 0.3) is 0 Å². The van der Waals surface area contributed by atoms with Crippen molar-refractivity contribution in [2.45, 2.75) is 65.2 Å². The average molecular weight is 383 g/mol. The van der Waals surface area contributed by atoms with Gasteiger partial charge in [0.15, 0.2) is 0 Å². The highest BCUT2D eigenvalue weighted by Crippen LogP contribution is 2.52. The Morgan fingerprint density at radius 1 is 1.20 bits per heavy atom. The van der Waals surface area contributed by atoms with E-state index in [4.69, 9.17) is 23.2 Å². The van der Waals surface area contributed by atoms with Crippen LogP contribution in [0, 0.1) is 5.92 Å². The van der Waals surface area contributed by atoms with Crippen LogP contribution in [0.5, 0.6) is 11.5 Å². The Hall–Kier alpha value is -1.12. The van der Waals surface area contributed by atoms with Crippen molar-refractivity contribution in [2.24, 2.45) is 5.92 Å². The molecule has 0 saturated carbocycles. The van der Waals surface area contributed by atoms with Crippen LogP contribution in [0.4, 0.5) is 0 Å². The summed E-state index contributed by atoms with van der Waals surface area (Å²) in [6.45, 7) is 10.3. The van der Waals surface area contributed by atoms with Crippen LogP contribution in [0.1, 0.15) is 69.9 Å². The Morgan fingerprint density at radius 2 is 1.80 bits per heavy atom. The molecule has 0 spiro atoms. The number of rotatable bonds is 6. The van der Waals surface area contributed by atoms with E-state index in [0.717, 1.165) is 37.7 Å². The fourth-order valence-electron chi connectivity index (χ4n) is 3.72. The van der Waals surface area contributed by atoms with Gasteiger partial charge in [-0.1, -0.05) is 66.8 Å². The molecule has 0 heterocycles. The van der Waals surface area contributed by atoms with Crippen molar-refractivity contribution in [2.75, 3.05) is 0 Å². The number of aromatic hydroxyl groups is 2. The molecular formula is C21H28Cl2O2. The van der Waals surface area contributed by atoms with Crippen LogP contribution in [-0.4, -0.2) is 10.2 Å². The SMILES string of the molecule is C=C(C)C1CCC(C)=CC1c1c(O)c(Cl)c(CCCCC)c(Cl)c1O. The number of allylic oxidation sites excluding steroid dienone is 3. The number of phenols is 2. The van der Waals surface area contributed by atoms with Gasteiger partial charge in [0, 0.05) is 11.5 Å². The molecule has 0 aromatic heterocycles. The van der Waals surface area contributed by atoms with Crippen molar-refractivity contribution in [3.8, 4) is 11.5 Å². The van der Waals surface area contributed by atoms with Crippen molar-refractivity contribution in [3.63, 3.8) is 0 Å². The molecule has 138 valence electrons. The second-order valence-electron chi connectivity index (χ2n) is 7.20. The summed E-state index contributed by atoms with van der Waals surface area (Å²) in [6, 6.07) is 0. The lowest BCUT2D eigenvalue weighted by Crippen LogP contribution is -2.17. The van der Waals surface area contributed by atoms with Gasteiger partial charge in [-0.25, -0.2) is 0 Å². The minimum atomic E-state index is -0.161. The second-order valence-corrected chi connectivity index (χ2v) is 7.96. The molecule has 1 aliphatic rings. The van der Waals surface area contributed by atoms with E-state index in [1.54, 1.807) is 0 Å². The molecular weight excluding hydrogens is 355 g/mol. The summed E-state index contributed by atoms with van der Waals surface area (Å²) in [4.78, 5) is 0. The molecule has 2 N–H and O–H groups in total. The van der Waals surface area contributed by atoms with Crippen molar-refractivity contribution in [1.29, 1.82) is 0 Å². The predicted molar refractivity (Wildman–Crippen MR) is 107 cm³/mol. The highest BCUT2D eigenvalue weighted by molar-refractivity contribution is 6.38. The van der Waals surface area contributed by atoms with Gasteiger partial charge in [-0.3, -0.25) is 0 Å². The molecule has 2 unspecified atom stereocenters. The number of unbranched alkanes of at least 4 members (excludes halogenated alkanes) is 2. The normalized spacial score (nSPS) is 20.4. The fraction of sp³-hybridized carbons (Fsp3) is 0.524. The summed E-state index contributed by atoms with van der Waals surface area (Å²) in [7, 11) is 0. The van der Waals surface area contributed by atoms with Crippen molar-refractivity contribution < 1.29 is 10.2 Å². The van der Waals surface area contributed by atoms with Gasteiger partial charge >= 0.3 is 0 Å². The molecule has 0 saturated heterocycles. The van der Waals surface area contributed by atoms with Gasteiger partial charge in [-0.15, -0.1) is 0 Å². The van der Waals surface area contributed by atoms with Crippen LogP contribution in [0.15, 0.2) is 23.8 Å². The van der Waals surface area contributed by atoms with Crippen molar-refractivity contribution in [1.82, 2.24) is 0 Å². The number of benzene rings is 1. The van der Waals surface area contributed by atoms with Gasteiger partial charge in [0.05, 0.1) is 10.0 Å². The first-order chi connectivity index (χ1) is 11.8. The third-order valence-corrected chi connectivity index (χ3v) is 6.01. The number of phenolic OH excluding ortho intramolecular Hbond substituents is 2. The highest BCUT2D eigenvalue weighted by Gasteiger charge is 2.33. The van der Waals surface area contributed by atoms with E-state index in [2.05, 4.69) is 26.5 Å². The molecule has 2 atom stereocenters. The largest absolute Gasteiger partial charge is 0.506 e. The van der Waals surface area contributed by atoms with E-state index in [-0.39, 0.29) is 33.4 Å². The molecule has 4 heteroatoms. The van der Waals surface area contributed by atoms with Crippen molar-refractivity contribution >= 4 is 23.2 Å². The summed E-state index contributed by atoms with van der Waals surface area (Å²) in [5, 5.41) is 22.1. The molecule has 0 fully saturated rings. The van der Waals surface area contributed by atoms with E-state index in [1.807, 2.05) is 6.92 Å². The minimum absolute atomic E-state index is 0.0442. The maximum atomic E-state index is 10.8. The minimum Gasteiger partial charge on any atom is -0.506 e. The molecule has 0 amide bonds. The zero-order valence-corrected chi connectivity index (χ0v) is 16.8. The van der Waals surface area contributed by atoms with E-state index < -0.39 is 0 Å². The third kappa shape index (κ3) is 4.17. The lowest BCUT2D eigenvalue weighted by Gasteiger charge is -2.32. The van der Waals surface area contributed by atoms with Gasteiger partial charge < -0.3 is 10.2 Å². The second kappa shape index (κ2) is 8.51. The first-order valence-electron chi connectivity index (χ1n) is 9.03. The van der Waals surface area contributed by atoms with E-state index in [1.165, 1.54) is 5.57 Å². The summed E-state index contributed by atoms with van der Waals surface area (Å²) < 4.78 is 0. The maximum Gasteiger partial charge on any atom is 0.142 e. The number of hydrogen-bond acceptors (Lipinski definition) is 2. The number of hydrogen-bond donors (Lipinski definition) is 2. The molecule has 25 heavy (non-hydrogen) atoms. The molecule has 2 rings (SSSR count). The lowest BCUT2D eigenvalue weighted by molar-refractivity contribution is 0.406. The van der Waals surface area contributed by atoms with Gasteiger partial charge in [-0.05, 0) is 51.0 Å². The van der Waals surface area contributed by atoms with Crippen LogP contribution in [0.2, 0.25) is 10.0 Å². The Bertz CT molecular complexity index is 663. The van der Waals surface area contributed by atoms with Crippen LogP contribution < -0.4 is 0 Å². The summed E-state index contributed by atoms with van der Waals surface area (Å²) in [5.41, 5.74) is 3.34. The number of halogens is 2. The molecule has 0 bridgehead atoms. The Morgan fingerprint density at radius 3 is 2.32 bits per heavy atom. The first-order valence-corrected chi connectivity index (χ1v) is 9.79. The zero-order valence-electron chi connectivity index (χ0n) is 15.3. The molecule has 1 aromatic rings. The van der Waals surface area contributed by atoms with Crippen LogP contribution in [0.3, 0.4) is 0 Å². The van der Waals surface area contributed by atoms with E-state index >= 15 is 0 Å². The molecule has 1 aliphatic carbocycles. The molecule has 0 radical (unpaired) electrons. The maximum absolute atomic E-state index is 10.8. The van der Waals surface area contributed by atoms with E-state index in [0.29, 0.717) is 17.5 Å². The Kier molecular flexibility index (Phi) is 6.87. The van der Waals surface area contributed by atoms with Crippen LogP contribution >= 0.6 is 23.2 Å². The standard InChI is InChI=1S/C21H28Cl2O2/c1-5-6-7-8-15-18(22)20(24)17(21(25)19(15)23)16-11-13(4)9-10-14(16)12(2)3/h11,14,16,24-25H,2,5-10H2,1,3-4H3. The van der Waals surface area contributed by atoms with E-state index in [9.17, 15) is 10.2 Å². The van der Waals surface area contributed by atoms with Gasteiger partial charge in [0.2, 0.25) is 0 Å². The van der Waals surface area contributed by atoms with Crippen molar-refractivity contribution in [3.05, 3.63) is 45.0 Å². The molecule has 2 nitrogen and oxygen atoms in total. The summed E-state index contributed by atoms with van der Waals surface area (Å²) in [6.07, 6.45) is 7.74. The van der Waals surface area contributed by atoms with Gasteiger partial charge in [0.25, 0.3) is 0 Å². The first kappa shape index (κ1) is 20.2. The fourth-order valence-corrected chi connectivity index (χ4v) is 4.35. The molecule has 0 aliphatic heterocycles. The topological polar surface area (TPSA) is 40.5 Å². The highest BCUT2D eigenvalue weighted by atomic mass is 35.5. The van der Waals surface area contributed by atoms with Crippen LogP contribution in [-0.2, 0) is 6.42 Å². The summed E-state index contributed by atoms with van der Waals surface area (Å²) in [5.74, 6) is -0.0981. The van der Waals surface area contributed by atoms with Gasteiger partial charge in [0.1, 0.15) is 11.5 Å². The summed E-state index contributed by atoms with van der Waals surface area (Å²) >= 11 is 12.9. The third-order valence-electron chi connectivity index (χ3n) is 5.20. The zero-order chi connectivity index (χ0) is 18.7. The lowest BCUT2D eigenvalue weighted by atomic mass is 9.73. The smallest absolute Gasteiger partial charge is 0.142 e. The monoisotopic (exact) mass is 382 g/mol. The van der Waals surface area contributed by atoms with Gasteiger partial charge in [-0.2, -0.15) is 0 Å². The Balaban J connectivity index is 2.54.